The minimum absolute atomic E-state index is 0.00435. The number of carbonyl (C=O) groups excluding carboxylic acids is 6. The van der Waals surface area contributed by atoms with E-state index in [0.717, 1.165) is 68.2 Å². The summed E-state index contributed by atoms with van der Waals surface area (Å²) in [4.78, 5) is 98.9. The van der Waals surface area contributed by atoms with Crippen molar-refractivity contribution in [3.63, 3.8) is 0 Å². The number of aromatic nitrogens is 8. The number of nitrogen functional groups attached to an aromatic ring is 2. The number of rotatable bonds is 40. The molecule has 6 N–H and O–H groups in total. The minimum Gasteiger partial charge on any atom is -0.460 e. The summed E-state index contributed by atoms with van der Waals surface area (Å²) in [6.45, 7) is 19.5. The highest BCUT2D eigenvalue weighted by atomic mass is 16.6. The first-order valence-electron chi connectivity index (χ1n) is 43.5. The molecule has 670 valence electrons. The lowest BCUT2D eigenvalue weighted by Crippen LogP contribution is -2.61. The molecule has 121 heavy (non-hydrogen) atoms. The van der Waals surface area contributed by atoms with Crippen molar-refractivity contribution in [2.45, 2.75) is 245 Å². The van der Waals surface area contributed by atoms with Gasteiger partial charge in [0, 0.05) is 96.2 Å². The van der Waals surface area contributed by atoms with Crippen LogP contribution in [0.3, 0.4) is 0 Å². The molecule has 2 bridgehead atoms. The summed E-state index contributed by atoms with van der Waals surface area (Å²) in [5.41, 5.74) is 17.4. The number of aliphatic hydroxyl groups is 2. The highest BCUT2D eigenvalue weighted by Crippen LogP contribution is 2.40. The predicted molar refractivity (Wildman–Crippen MR) is 452 cm³/mol. The van der Waals surface area contributed by atoms with E-state index in [9.17, 15) is 39.0 Å². The molecule has 2 saturated heterocycles. The van der Waals surface area contributed by atoms with Crippen LogP contribution in [-0.2, 0) is 105 Å². The molecule has 1 amide bonds. The maximum Gasteiger partial charge on any atom is 0.329 e. The Bertz CT molecular complexity index is 4200. The van der Waals surface area contributed by atoms with E-state index in [1.54, 1.807) is 51.8 Å². The first-order valence-corrected chi connectivity index (χ1v) is 43.5. The largest absolute Gasteiger partial charge is 0.460 e. The fourth-order valence-electron chi connectivity index (χ4n) is 16.4. The second-order valence-electron chi connectivity index (χ2n) is 32.9. The molecular weight excluding hydrogens is 1560 g/mol. The Balaban J connectivity index is 0.619. The van der Waals surface area contributed by atoms with Crippen LogP contribution in [0.5, 0.6) is 0 Å². The summed E-state index contributed by atoms with van der Waals surface area (Å²) in [7, 11) is 4.65. The van der Waals surface area contributed by atoms with E-state index in [0.29, 0.717) is 202 Å². The molecular formula is C89H133N11O21. The second kappa shape index (κ2) is 50.1. The van der Waals surface area contributed by atoms with Crippen LogP contribution in [0.1, 0.15) is 176 Å². The number of Topliss-reactive ketones (excluding diaryl/α,β-unsaturated/α-hetero) is 4. The van der Waals surface area contributed by atoms with Gasteiger partial charge in [-0.05, 0) is 157 Å². The molecule has 0 radical (unpaired) electrons. The third-order valence-electron chi connectivity index (χ3n) is 23.6. The number of carbonyl (C=O) groups is 6. The summed E-state index contributed by atoms with van der Waals surface area (Å²) in [6, 6.07) is 4.44. The van der Waals surface area contributed by atoms with E-state index < -0.39 is 77.8 Å². The molecule has 4 aromatic heterocycles. The number of amides is 1. The molecule has 1 aromatic carbocycles. The van der Waals surface area contributed by atoms with Gasteiger partial charge in [0.1, 0.15) is 59.3 Å². The van der Waals surface area contributed by atoms with Crippen molar-refractivity contribution < 1.29 is 100 Å². The molecule has 1 aliphatic carbocycles. The van der Waals surface area contributed by atoms with Crippen LogP contribution in [0, 0.1) is 35.5 Å². The van der Waals surface area contributed by atoms with Crippen molar-refractivity contribution in [1.29, 1.82) is 0 Å². The van der Waals surface area contributed by atoms with Crippen molar-refractivity contribution in [2.75, 3.05) is 125 Å². The van der Waals surface area contributed by atoms with Crippen molar-refractivity contribution in [2.24, 2.45) is 35.5 Å². The number of allylic oxidation sites excluding steroid dienone is 6. The fraction of sp³-hybridized carbons (Fsp3) is 0.685. The number of oxazole rings is 1. The van der Waals surface area contributed by atoms with Crippen LogP contribution in [0.15, 0.2) is 82.7 Å². The van der Waals surface area contributed by atoms with Crippen molar-refractivity contribution in [3.05, 3.63) is 84.0 Å². The molecule has 32 nitrogen and oxygen atoms in total. The van der Waals surface area contributed by atoms with Gasteiger partial charge in [0.05, 0.1) is 121 Å². The van der Waals surface area contributed by atoms with E-state index in [2.05, 4.69) is 25.3 Å². The van der Waals surface area contributed by atoms with Gasteiger partial charge in [-0.1, -0.05) is 82.7 Å². The first-order chi connectivity index (χ1) is 58.4. The number of benzene rings is 1. The average molecular weight is 1690 g/mol. The minimum atomic E-state index is -2.46. The van der Waals surface area contributed by atoms with Crippen molar-refractivity contribution in [3.8, 4) is 11.3 Å². The average Bonchev–Trinajstić information content (AvgIpc) is 1.75. The lowest BCUT2D eigenvalue weighted by atomic mass is 9.78. The summed E-state index contributed by atoms with van der Waals surface area (Å²) in [5, 5.41) is 38.0. The summed E-state index contributed by atoms with van der Waals surface area (Å²) in [5.74, 6) is -7.68. The van der Waals surface area contributed by atoms with Gasteiger partial charge in [-0.2, -0.15) is 10.1 Å². The monoisotopic (exact) mass is 1690 g/mol. The number of esters is 1. The van der Waals surface area contributed by atoms with Crippen LogP contribution < -0.4 is 11.5 Å². The van der Waals surface area contributed by atoms with Crippen molar-refractivity contribution >= 4 is 69.0 Å². The Morgan fingerprint density at radius 1 is 0.727 bits per heavy atom. The molecule has 1 saturated carbocycles. The number of aryl methyl sites for hydroxylation is 2. The van der Waals surface area contributed by atoms with Crippen molar-refractivity contribution in [1.82, 2.24) is 44.6 Å². The molecule has 4 aliphatic rings. The Morgan fingerprint density at radius 3 is 2.16 bits per heavy atom. The molecule has 0 spiro atoms. The quantitative estimate of drug-likeness (QED) is 0.0122. The van der Waals surface area contributed by atoms with E-state index in [1.807, 2.05) is 81.1 Å². The highest BCUT2D eigenvalue weighted by Gasteiger charge is 2.53. The summed E-state index contributed by atoms with van der Waals surface area (Å²) >= 11 is 0. The maximum atomic E-state index is 14.8. The zero-order valence-corrected chi connectivity index (χ0v) is 72.7. The number of nitrogens with two attached hydrogens (primary N) is 2. The Morgan fingerprint density at radius 2 is 1.45 bits per heavy atom. The SMILES string of the molecule is CO[C@H]1C[C@@H]2CC[C@@H](C)[C@@](O)(O2)C(=O)C(=O)N2CCCC[C@H]2C(=O)OC([C@H](C)C[C@@H]2CC[C@@H](OCCCCc3cn(CCOCCOCCOCCOCCOCCOCCC(=O)CCCCCn4nc(-c5ccc6oc(N)nc6c5)c5c(N)ncnc54)nn3)[C@H](OC)C2)CC(=O)[C@H](C)/C=C(\C)[C@@H](O)[C@@H](OC)C(=O)[C@H](C)C[C@H](C)/C=C/C=C/C=C/1C. The number of anilines is 2. The molecule has 1 unspecified atom stereocenters. The lowest BCUT2D eigenvalue weighted by molar-refractivity contribution is -0.265. The van der Waals surface area contributed by atoms with Gasteiger partial charge < -0.3 is 87.8 Å². The zero-order chi connectivity index (χ0) is 86.8. The number of ketones is 4. The molecule has 5 aromatic rings. The summed E-state index contributed by atoms with van der Waals surface area (Å²) < 4.78 is 79.7. The molecule has 3 fully saturated rings. The van der Waals surface area contributed by atoms with Crippen LogP contribution in [-0.4, -0.2) is 258 Å². The third-order valence-corrected chi connectivity index (χ3v) is 23.6. The Kier molecular flexibility index (Phi) is 40.1. The maximum absolute atomic E-state index is 14.8. The van der Waals surface area contributed by atoms with E-state index in [1.165, 1.54) is 18.3 Å². The number of methoxy groups -OCH3 is 3. The molecule has 32 heteroatoms. The number of fused-ring (bicyclic) bond motifs is 5. The van der Waals surface area contributed by atoms with Gasteiger partial charge in [0.15, 0.2) is 17.0 Å². The van der Waals surface area contributed by atoms with Crippen LogP contribution in [0.25, 0.3) is 33.4 Å². The Hall–Kier alpha value is -7.96. The number of unbranched alkanes of at least 4 members (excludes halogenated alkanes) is 3. The number of piperidine rings is 1. The highest BCUT2D eigenvalue weighted by molar-refractivity contribution is 6.39. The Labute approximate surface area is 711 Å². The third kappa shape index (κ3) is 29.3. The van der Waals surface area contributed by atoms with E-state index >= 15 is 0 Å². The van der Waals surface area contributed by atoms with Gasteiger partial charge in [0.25, 0.3) is 17.7 Å². The number of aliphatic hydroxyl groups excluding tert-OH is 1. The fourth-order valence-corrected chi connectivity index (χ4v) is 16.4. The van der Waals surface area contributed by atoms with Gasteiger partial charge in [-0.15, -0.1) is 5.10 Å². The molecule has 7 heterocycles. The predicted octanol–water partition coefficient (Wildman–Crippen LogP) is 10.3. The zero-order valence-electron chi connectivity index (χ0n) is 72.7. The first kappa shape index (κ1) is 96.9. The normalized spacial score (nSPS) is 27.3. The number of hydrogen-bond donors (Lipinski definition) is 4. The number of hydrogen-bond acceptors (Lipinski definition) is 29. The van der Waals surface area contributed by atoms with Gasteiger partial charge in [0.2, 0.25) is 5.79 Å². The van der Waals surface area contributed by atoms with Crippen LogP contribution in [0.2, 0.25) is 0 Å². The van der Waals surface area contributed by atoms with E-state index in [-0.39, 0.29) is 72.7 Å². The smallest absolute Gasteiger partial charge is 0.329 e. The number of cyclic esters (lactones) is 1. The molecule has 9 rings (SSSR count). The number of nitrogens with zero attached hydrogens (tertiary/aromatic N) is 9. The molecule has 3 aliphatic heterocycles. The standard InChI is InChI=1S/C89H133N11O21/c1-58-21-13-11-14-22-59(2)75(109-8)54-69-29-26-64(7)89(108,121-69)83(105)86(106)99-33-19-16-25-71(99)87(107)119-76(55-72(102)60(3)50-63(6)81(104)82(111-10)80(103)62(5)49-58)61(4)51-65-27-30-74(77(52-65)110-9)118-36-20-17-23-67-56-98(97-95-67)35-38-113-40-42-115-44-46-117-48-47-116-45-43-114-41-39-112-37-32-68(101)24-15-12-18-34-100-85-78(84(90)92-57-93-85)79(96-100)66-28-31-73-70(53-66)94-88(91)120-73/h11,13-14,21-22,28,31,50,53,56-58,60-62,64-65,69,71,74-77,81-82,104,108H,12,15-20,23-27,29-30,32-49,51-52,54-55H2,1-10H3,(H2,91,94)(H2,90,92,93)/b14-11+,21-13+,59-22+,63-50+/t58-,60-,61-,62-,64-,65+,69+,71+,74-,75+,76?,77-,81-,82+,89-/m1/s1. The molecule has 15 atom stereocenters. The van der Waals surface area contributed by atoms with Crippen LogP contribution in [0.4, 0.5) is 11.8 Å². The van der Waals surface area contributed by atoms with Gasteiger partial charge in [-0.25, -0.2) is 24.1 Å². The summed E-state index contributed by atoms with van der Waals surface area (Å²) in [6.07, 6.45) is 20.8. The lowest BCUT2D eigenvalue weighted by Gasteiger charge is -2.42. The van der Waals surface area contributed by atoms with Gasteiger partial charge >= 0.3 is 5.97 Å². The topological polar surface area (TPSA) is 409 Å². The number of ether oxygens (including phenoxy) is 12. The second-order valence-corrected chi connectivity index (χ2v) is 32.9. The van der Waals surface area contributed by atoms with Gasteiger partial charge in [-0.3, -0.25) is 24.0 Å². The van der Waals surface area contributed by atoms with E-state index in [4.69, 9.17) is 77.8 Å². The van der Waals surface area contributed by atoms with Crippen LogP contribution >= 0.6 is 0 Å².